The highest BCUT2D eigenvalue weighted by molar-refractivity contribution is 6.31. The van der Waals surface area contributed by atoms with Crippen LogP contribution in [0.15, 0.2) is 67.1 Å². The lowest BCUT2D eigenvalue weighted by Gasteiger charge is -2.34. The van der Waals surface area contributed by atoms with Crippen LogP contribution in [0.4, 0.5) is 26.2 Å². The van der Waals surface area contributed by atoms with Gasteiger partial charge in [-0.15, -0.1) is 0 Å². The van der Waals surface area contributed by atoms with Crippen LogP contribution in [-0.2, 0) is 0 Å². The summed E-state index contributed by atoms with van der Waals surface area (Å²) in [5, 5.41) is 12.5. The number of ether oxygens (including phenoxy) is 1. The van der Waals surface area contributed by atoms with Gasteiger partial charge in [-0.3, -0.25) is 10.1 Å². The minimum absolute atomic E-state index is 0.0274. The third-order valence-electron chi connectivity index (χ3n) is 5.96. The van der Waals surface area contributed by atoms with E-state index in [1.807, 2.05) is 12.1 Å². The molecule has 2 aromatic heterocycles. The van der Waals surface area contributed by atoms with Gasteiger partial charge in [-0.25, -0.2) is 9.18 Å². The van der Waals surface area contributed by atoms with Crippen LogP contribution in [0.5, 0.6) is 11.5 Å². The van der Waals surface area contributed by atoms with Gasteiger partial charge in [0.25, 0.3) is 0 Å². The summed E-state index contributed by atoms with van der Waals surface area (Å²) in [5.41, 5.74) is 2.88. The lowest BCUT2D eigenvalue weighted by atomic mass is 10.2. The SMILES string of the molecule is CN1CCN(c2cc(Cl)cc(NC(=O)Nc3cc(Oc4ccnc(-c5cn[nH]c5)c4)ccc3F)c2)CC1. The number of aromatic nitrogens is 3. The molecule has 3 heterocycles. The second-order valence-electron chi connectivity index (χ2n) is 8.68. The molecule has 1 saturated heterocycles. The molecule has 2 aromatic carbocycles. The highest BCUT2D eigenvalue weighted by atomic mass is 35.5. The number of urea groups is 1. The van der Waals surface area contributed by atoms with Crippen molar-refractivity contribution < 1.29 is 13.9 Å². The van der Waals surface area contributed by atoms with Crippen molar-refractivity contribution in [2.24, 2.45) is 0 Å². The maximum absolute atomic E-state index is 14.5. The van der Waals surface area contributed by atoms with Crippen LogP contribution in [0.25, 0.3) is 11.3 Å². The van der Waals surface area contributed by atoms with Crippen LogP contribution < -0.4 is 20.3 Å². The number of piperazine rings is 1. The Morgan fingerprint density at radius 3 is 2.65 bits per heavy atom. The second kappa shape index (κ2) is 10.9. The van der Waals surface area contributed by atoms with Gasteiger partial charge in [-0.05, 0) is 43.4 Å². The molecule has 0 bridgehead atoms. The first-order valence-electron chi connectivity index (χ1n) is 11.7. The van der Waals surface area contributed by atoms with Gasteiger partial charge in [0.2, 0.25) is 0 Å². The lowest BCUT2D eigenvalue weighted by molar-refractivity contribution is 0.262. The van der Waals surface area contributed by atoms with E-state index in [1.54, 1.807) is 36.8 Å². The Morgan fingerprint density at radius 1 is 1.05 bits per heavy atom. The highest BCUT2D eigenvalue weighted by Gasteiger charge is 2.16. The zero-order valence-electron chi connectivity index (χ0n) is 20.0. The number of hydrogen-bond donors (Lipinski definition) is 3. The van der Waals surface area contributed by atoms with Crippen LogP contribution in [0.1, 0.15) is 0 Å². The fourth-order valence-electron chi connectivity index (χ4n) is 4.00. The van der Waals surface area contributed by atoms with Gasteiger partial charge in [0, 0.05) is 72.7 Å². The van der Waals surface area contributed by atoms with E-state index in [9.17, 15) is 9.18 Å². The molecule has 5 rings (SSSR count). The molecule has 4 aromatic rings. The zero-order chi connectivity index (χ0) is 25.8. The summed E-state index contributed by atoms with van der Waals surface area (Å²) in [6.07, 6.45) is 4.98. The summed E-state index contributed by atoms with van der Waals surface area (Å²) in [5.74, 6) is 0.255. The average molecular weight is 522 g/mol. The molecule has 9 nitrogen and oxygen atoms in total. The maximum Gasteiger partial charge on any atom is 0.323 e. The molecule has 0 spiro atoms. The average Bonchev–Trinajstić information content (AvgIpc) is 3.42. The number of carbonyl (C=O) groups excluding carboxylic acids is 1. The smallest absolute Gasteiger partial charge is 0.323 e. The number of carbonyl (C=O) groups is 1. The second-order valence-corrected chi connectivity index (χ2v) is 9.11. The topological polar surface area (TPSA) is 98.4 Å². The normalized spacial score (nSPS) is 13.9. The number of halogens is 2. The molecule has 0 aliphatic carbocycles. The first-order chi connectivity index (χ1) is 17.9. The van der Waals surface area contributed by atoms with E-state index in [0.717, 1.165) is 37.4 Å². The first kappa shape index (κ1) is 24.5. The number of benzene rings is 2. The molecule has 11 heteroatoms. The first-order valence-corrected chi connectivity index (χ1v) is 12.1. The van der Waals surface area contributed by atoms with Crippen molar-refractivity contribution in [2.45, 2.75) is 0 Å². The lowest BCUT2D eigenvalue weighted by Crippen LogP contribution is -2.44. The van der Waals surface area contributed by atoms with Crippen molar-refractivity contribution in [3.8, 4) is 22.8 Å². The number of anilines is 3. The van der Waals surface area contributed by atoms with Gasteiger partial charge < -0.3 is 25.2 Å². The number of likely N-dealkylation sites (N-methyl/N-ethyl adjacent to an activating group) is 1. The van der Waals surface area contributed by atoms with Gasteiger partial charge in [-0.2, -0.15) is 5.10 Å². The molecule has 0 atom stereocenters. The number of nitrogens with zero attached hydrogens (tertiary/aromatic N) is 4. The quantitative estimate of drug-likeness (QED) is 0.312. The van der Waals surface area contributed by atoms with Gasteiger partial charge >= 0.3 is 6.03 Å². The number of amides is 2. The zero-order valence-corrected chi connectivity index (χ0v) is 20.8. The summed E-state index contributed by atoms with van der Waals surface area (Å²) < 4.78 is 20.4. The van der Waals surface area contributed by atoms with E-state index in [0.29, 0.717) is 27.9 Å². The van der Waals surface area contributed by atoms with Crippen molar-refractivity contribution in [3.05, 3.63) is 78.0 Å². The molecule has 1 aliphatic rings. The summed E-state index contributed by atoms with van der Waals surface area (Å²) in [6.45, 7) is 3.61. The molecule has 37 heavy (non-hydrogen) atoms. The van der Waals surface area contributed by atoms with Gasteiger partial charge in [-0.1, -0.05) is 11.6 Å². The standard InChI is InChI=1S/C26H25ClFN7O2/c1-34-6-8-35(9-7-34)20-11-18(27)10-19(12-20)32-26(36)33-25-14-21(2-3-23(25)28)37-22-4-5-29-24(13-22)17-15-30-31-16-17/h2-5,10-16H,6-9H2,1H3,(H,30,31)(H2,32,33,36). The monoisotopic (exact) mass is 521 g/mol. The van der Waals surface area contributed by atoms with Crippen LogP contribution >= 0.6 is 11.6 Å². The van der Waals surface area contributed by atoms with Crippen LogP contribution in [-0.4, -0.2) is 59.3 Å². The summed E-state index contributed by atoms with van der Waals surface area (Å²) in [6, 6.07) is 12.3. The number of H-pyrrole nitrogens is 1. The summed E-state index contributed by atoms with van der Waals surface area (Å²) in [7, 11) is 2.08. The number of hydrogen-bond acceptors (Lipinski definition) is 6. The predicted octanol–water partition coefficient (Wildman–Crippen LogP) is 5.45. The van der Waals surface area contributed by atoms with Crippen molar-refractivity contribution in [3.63, 3.8) is 0 Å². The molecule has 2 amide bonds. The third-order valence-corrected chi connectivity index (χ3v) is 6.17. The van der Waals surface area contributed by atoms with E-state index in [1.165, 1.54) is 18.2 Å². The molecule has 0 saturated carbocycles. The fraction of sp³-hybridized carbons (Fsp3) is 0.192. The van der Waals surface area contributed by atoms with Crippen LogP contribution in [0.2, 0.25) is 5.02 Å². The van der Waals surface area contributed by atoms with Crippen LogP contribution in [0.3, 0.4) is 0 Å². The molecule has 1 fully saturated rings. The Morgan fingerprint density at radius 2 is 1.86 bits per heavy atom. The van der Waals surface area contributed by atoms with Crippen molar-refractivity contribution in [1.29, 1.82) is 0 Å². The number of aromatic amines is 1. The van der Waals surface area contributed by atoms with E-state index in [2.05, 4.69) is 42.7 Å². The molecule has 1 aliphatic heterocycles. The van der Waals surface area contributed by atoms with E-state index in [-0.39, 0.29) is 5.69 Å². The maximum atomic E-state index is 14.5. The minimum atomic E-state index is -0.603. The van der Waals surface area contributed by atoms with Gasteiger partial charge in [0.05, 0.1) is 17.6 Å². The van der Waals surface area contributed by atoms with Gasteiger partial charge in [0.15, 0.2) is 0 Å². The van der Waals surface area contributed by atoms with Crippen LogP contribution in [0, 0.1) is 5.82 Å². The van der Waals surface area contributed by atoms with E-state index < -0.39 is 11.8 Å². The van der Waals surface area contributed by atoms with Crippen molar-refractivity contribution >= 4 is 34.7 Å². The Labute approximate surface area is 218 Å². The Kier molecular flexibility index (Phi) is 7.20. The van der Waals surface area contributed by atoms with Crippen molar-refractivity contribution in [1.82, 2.24) is 20.1 Å². The number of rotatable bonds is 6. The summed E-state index contributed by atoms with van der Waals surface area (Å²) in [4.78, 5) is 21.5. The fourth-order valence-corrected chi connectivity index (χ4v) is 4.23. The van der Waals surface area contributed by atoms with E-state index in [4.69, 9.17) is 16.3 Å². The molecule has 0 unspecified atom stereocenters. The number of nitrogens with one attached hydrogen (secondary N) is 3. The summed E-state index contributed by atoms with van der Waals surface area (Å²) >= 11 is 6.31. The van der Waals surface area contributed by atoms with Gasteiger partial charge in [0.1, 0.15) is 17.3 Å². The number of pyridine rings is 1. The molecule has 3 N–H and O–H groups in total. The predicted molar refractivity (Wildman–Crippen MR) is 142 cm³/mol. The Hall–Kier alpha value is -4.15. The van der Waals surface area contributed by atoms with Crippen molar-refractivity contribution in [2.75, 3.05) is 48.8 Å². The molecule has 0 radical (unpaired) electrons. The highest BCUT2D eigenvalue weighted by Crippen LogP contribution is 2.29. The molecular weight excluding hydrogens is 497 g/mol. The largest absolute Gasteiger partial charge is 0.457 e. The Balaban J connectivity index is 1.27. The minimum Gasteiger partial charge on any atom is -0.457 e. The molecular formula is C26H25ClFN7O2. The Bertz CT molecular complexity index is 1390. The molecule has 190 valence electrons. The van der Waals surface area contributed by atoms with E-state index >= 15 is 0 Å². The third kappa shape index (κ3) is 6.16.